The summed E-state index contributed by atoms with van der Waals surface area (Å²) < 4.78 is 1.81. The van der Waals surface area contributed by atoms with Crippen molar-refractivity contribution in [2.75, 3.05) is 13.6 Å². The van der Waals surface area contributed by atoms with E-state index in [1.165, 1.54) is 0 Å². The molecule has 0 saturated heterocycles. The summed E-state index contributed by atoms with van der Waals surface area (Å²) >= 11 is 0. The average Bonchev–Trinajstić information content (AvgIpc) is 2.86. The zero-order chi connectivity index (χ0) is 15.0. The highest BCUT2D eigenvalue weighted by atomic mass is 16.3. The number of rotatable bonds is 4. The van der Waals surface area contributed by atoms with Crippen molar-refractivity contribution in [3.05, 3.63) is 23.8 Å². The van der Waals surface area contributed by atoms with Crippen LogP contribution in [-0.2, 0) is 6.54 Å². The lowest BCUT2D eigenvalue weighted by Crippen LogP contribution is -2.39. The van der Waals surface area contributed by atoms with Gasteiger partial charge >= 0.3 is 0 Å². The highest BCUT2D eigenvalue weighted by Crippen LogP contribution is 2.28. The molecule has 3 rings (SSSR count). The minimum absolute atomic E-state index is 0.00987. The van der Waals surface area contributed by atoms with E-state index in [2.05, 4.69) is 10.3 Å². The second kappa shape index (κ2) is 5.44. The van der Waals surface area contributed by atoms with E-state index < -0.39 is 0 Å². The largest absolute Gasteiger partial charge is 0.393 e. The fraction of sp³-hybridized carbons (Fsp3) is 0.533. The average molecular weight is 288 g/mol. The van der Waals surface area contributed by atoms with Crippen LogP contribution in [0.4, 0.5) is 0 Å². The Labute approximate surface area is 123 Å². The van der Waals surface area contributed by atoms with Crippen LogP contribution < -0.4 is 0 Å². The van der Waals surface area contributed by atoms with Crippen molar-refractivity contribution >= 4 is 16.9 Å². The van der Waals surface area contributed by atoms with Gasteiger partial charge in [0.05, 0.1) is 11.6 Å². The lowest BCUT2D eigenvalue weighted by atomic mass is 9.82. The predicted molar refractivity (Wildman–Crippen MR) is 78.9 cm³/mol. The summed E-state index contributed by atoms with van der Waals surface area (Å²) in [5.41, 5.74) is 2.32. The zero-order valence-electron chi connectivity index (χ0n) is 12.4. The minimum Gasteiger partial charge on any atom is -0.393 e. The fourth-order valence-corrected chi connectivity index (χ4v) is 2.88. The second-order valence-corrected chi connectivity index (χ2v) is 5.79. The van der Waals surface area contributed by atoms with Crippen LogP contribution in [0.5, 0.6) is 0 Å². The number of aliphatic hydroxyl groups is 1. The third-order valence-corrected chi connectivity index (χ3v) is 4.15. The van der Waals surface area contributed by atoms with E-state index in [0.29, 0.717) is 18.0 Å². The number of amides is 1. The molecule has 0 radical (unpaired) electrons. The molecular formula is C15H20N4O2. The van der Waals surface area contributed by atoms with Crippen molar-refractivity contribution in [1.29, 1.82) is 0 Å². The SMILES string of the molecule is CCn1nnc2cc(C(=O)N(C)CC3CC(O)C3)ccc21. The molecule has 1 heterocycles. The Kier molecular flexibility index (Phi) is 3.63. The molecule has 112 valence electrons. The maximum absolute atomic E-state index is 12.4. The highest BCUT2D eigenvalue weighted by molar-refractivity contribution is 5.97. The molecule has 1 aliphatic carbocycles. The van der Waals surface area contributed by atoms with Gasteiger partial charge in [-0.3, -0.25) is 4.79 Å². The van der Waals surface area contributed by atoms with Crippen molar-refractivity contribution in [1.82, 2.24) is 19.9 Å². The van der Waals surface area contributed by atoms with Crippen LogP contribution in [0.3, 0.4) is 0 Å². The Bertz CT molecular complexity index is 661. The van der Waals surface area contributed by atoms with Crippen molar-refractivity contribution in [2.45, 2.75) is 32.4 Å². The van der Waals surface area contributed by atoms with E-state index in [9.17, 15) is 9.90 Å². The van der Waals surface area contributed by atoms with E-state index in [4.69, 9.17) is 0 Å². The molecule has 1 fully saturated rings. The number of fused-ring (bicyclic) bond motifs is 1. The first-order valence-corrected chi connectivity index (χ1v) is 7.35. The number of aromatic nitrogens is 3. The molecule has 1 aliphatic rings. The van der Waals surface area contributed by atoms with Gasteiger partial charge in [0.1, 0.15) is 5.52 Å². The molecule has 2 aromatic rings. The summed E-state index contributed by atoms with van der Waals surface area (Å²) in [6.07, 6.45) is 1.40. The van der Waals surface area contributed by atoms with Crippen LogP contribution in [-0.4, -0.2) is 50.6 Å². The summed E-state index contributed by atoms with van der Waals surface area (Å²) in [5, 5.41) is 17.5. The molecule has 1 saturated carbocycles. The smallest absolute Gasteiger partial charge is 0.253 e. The van der Waals surface area contributed by atoms with E-state index >= 15 is 0 Å². The third-order valence-electron chi connectivity index (χ3n) is 4.15. The van der Waals surface area contributed by atoms with Gasteiger partial charge in [-0.05, 0) is 43.9 Å². The van der Waals surface area contributed by atoms with Crippen molar-refractivity contribution in [2.24, 2.45) is 5.92 Å². The molecule has 0 spiro atoms. The van der Waals surface area contributed by atoms with Crippen LogP contribution in [0.25, 0.3) is 11.0 Å². The van der Waals surface area contributed by atoms with Crippen LogP contribution in [0.1, 0.15) is 30.1 Å². The van der Waals surface area contributed by atoms with Gasteiger partial charge in [0.25, 0.3) is 5.91 Å². The van der Waals surface area contributed by atoms with Gasteiger partial charge < -0.3 is 10.0 Å². The summed E-state index contributed by atoms with van der Waals surface area (Å²) in [7, 11) is 1.81. The van der Waals surface area contributed by atoms with Gasteiger partial charge in [-0.25, -0.2) is 4.68 Å². The van der Waals surface area contributed by atoms with Crippen LogP contribution in [0.15, 0.2) is 18.2 Å². The quantitative estimate of drug-likeness (QED) is 0.920. The molecule has 1 aromatic heterocycles. The first-order valence-electron chi connectivity index (χ1n) is 7.35. The number of carbonyl (C=O) groups is 1. The minimum atomic E-state index is -0.182. The Morgan fingerprint density at radius 3 is 2.90 bits per heavy atom. The zero-order valence-corrected chi connectivity index (χ0v) is 12.4. The number of aryl methyl sites for hydroxylation is 1. The molecule has 1 aromatic carbocycles. The van der Waals surface area contributed by atoms with Gasteiger partial charge in [-0.15, -0.1) is 5.10 Å². The van der Waals surface area contributed by atoms with E-state index in [1.807, 2.05) is 23.7 Å². The molecule has 0 unspecified atom stereocenters. The standard InChI is InChI=1S/C15H20N4O2/c1-3-19-14-5-4-11(8-13(14)16-17-19)15(21)18(2)9-10-6-12(20)7-10/h4-5,8,10,12,20H,3,6-7,9H2,1-2H3. The van der Waals surface area contributed by atoms with Crippen LogP contribution in [0, 0.1) is 5.92 Å². The van der Waals surface area contributed by atoms with Crippen molar-refractivity contribution in [3.63, 3.8) is 0 Å². The number of aliphatic hydroxyl groups excluding tert-OH is 1. The molecule has 1 amide bonds. The Morgan fingerprint density at radius 1 is 1.48 bits per heavy atom. The van der Waals surface area contributed by atoms with E-state index in [1.54, 1.807) is 18.0 Å². The summed E-state index contributed by atoms with van der Waals surface area (Å²) in [6, 6.07) is 5.52. The normalized spacial score (nSPS) is 21.3. The molecule has 6 heteroatoms. The highest BCUT2D eigenvalue weighted by Gasteiger charge is 2.29. The number of hydrogen-bond acceptors (Lipinski definition) is 4. The first kappa shape index (κ1) is 14.0. The van der Waals surface area contributed by atoms with Gasteiger partial charge in [0.15, 0.2) is 0 Å². The molecule has 21 heavy (non-hydrogen) atoms. The maximum atomic E-state index is 12.4. The van der Waals surface area contributed by atoms with Gasteiger partial charge in [-0.1, -0.05) is 5.21 Å². The molecule has 6 nitrogen and oxygen atoms in total. The molecular weight excluding hydrogens is 268 g/mol. The molecule has 0 atom stereocenters. The van der Waals surface area contributed by atoms with Crippen LogP contribution in [0.2, 0.25) is 0 Å². The topological polar surface area (TPSA) is 71.2 Å². The van der Waals surface area contributed by atoms with E-state index in [0.717, 1.165) is 30.4 Å². The third kappa shape index (κ3) is 2.63. The molecule has 0 bridgehead atoms. The predicted octanol–water partition coefficient (Wildman–Crippen LogP) is 1.29. The second-order valence-electron chi connectivity index (χ2n) is 5.79. The molecule has 1 N–H and O–H groups in total. The van der Waals surface area contributed by atoms with Gasteiger partial charge in [0.2, 0.25) is 0 Å². The summed E-state index contributed by atoms with van der Waals surface area (Å²) in [5.74, 6) is 0.406. The number of hydrogen-bond donors (Lipinski definition) is 1. The van der Waals surface area contributed by atoms with Gasteiger partial charge in [0, 0.05) is 25.7 Å². The van der Waals surface area contributed by atoms with E-state index in [-0.39, 0.29) is 12.0 Å². The Balaban J connectivity index is 1.74. The summed E-state index contributed by atoms with van der Waals surface area (Å²) in [6.45, 7) is 3.46. The maximum Gasteiger partial charge on any atom is 0.253 e. The Hall–Kier alpha value is -1.95. The van der Waals surface area contributed by atoms with Gasteiger partial charge in [-0.2, -0.15) is 0 Å². The lowest BCUT2D eigenvalue weighted by Gasteiger charge is -2.34. The number of carbonyl (C=O) groups excluding carboxylic acids is 1. The van der Waals surface area contributed by atoms with Crippen molar-refractivity contribution < 1.29 is 9.90 Å². The summed E-state index contributed by atoms with van der Waals surface area (Å²) in [4.78, 5) is 14.2. The lowest BCUT2D eigenvalue weighted by molar-refractivity contribution is 0.0265. The fourth-order valence-electron chi connectivity index (χ4n) is 2.88. The number of nitrogens with zero attached hydrogens (tertiary/aromatic N) is 4. The number of benzene rings is 1. The molecule has 0 aliphatic heterocycles. The Morgan fingerprint density at radius 2 is 2.24 bits per heavy atom. The monoisotopic (exact) mass is 288 g/mol. The van der Waals surface area contributed by atoms with Crippen molar-refractivity contribution in [3.8, 4) is 0 Å². The van der Waals surface area contributed by atoms with Crippen LogP contribution >= 0.6 is 0 Å². The first-order chi connectivity index (χ1) is 10.1.